The molecule has 0 amide bonds. The molecule has 0 bridgehead atoms. The lowest BCUT2D eigenvalue weighted by molar-refractivity contribution is -0.147. The Morgan fingerprint density at radius 2 is 0.545 bits per heavy atom. The fourth-order valence-corrected chi connectivity index (χ4v) is 5.47. The summed E-state index contributed by atoms with van der Waals surface area (Å²) >= 11 is 0. The van der Waals surface area contributed by atoms with Gasteiger partial charge in [-0.2, -0.15) is 0 Å². The predicted molar refractivity (Wildman–Crippen MR) is 184 cm³/mol. The second kappa shape index (κ2) is 38.0. The minimum Gasteiger partial charge on any atom is -0.463 e. The first kappa shape index (κ1) is 42.9. The average Bonchev–Trinajstić information content (AvgIpc) is 3.02. The quantitative estimate of drug-likeness (QED) is 0.0504. The van der Waals surface area contributed by atoms with Crippen LogP contribution in [0, 0.1) is 0 Å². The van der Waals surface area contributed by atoms with Crippen molar-refractivity contribution in [1.82, 2.24) is 0 Å². The van der Waals surface area contributed by atoms with E-state index in [0.29, 0.717) is 39.3 Å². The summed E-state index contributed by atoms with van der Waals surface area (Å²) < 4.78 is 21.4. The topological polar surface area (TPSA) is 71.1 Å². The Labute approximate surface area is 273 Å². The maximum Gasteiger partial charge on any atom is 0.305 e. The summed E-state index contributed by atoms with van der Waals surface area (Å²) in [7, 11) is 0. The van der Waals surface area contributed by atoms with Gasteiger partial charge in [-0.3, -0.25) is 9.59 Å². The van der Waals surface area contributed by atoms with Crippen molar-refractivity contribution in [2.45, 2.75) is 194 Å². The number of rotatable bonds is 37. The Hall–Kier alpha value is -1.14. The average molecular weight is 627 g/mol. The minimum absolute atomic E-state index is 0.131. The molecule has 0 aliphatic rings. The lowest BCUT2D eigenvalue weighted by Gasteiger charge is -2.08. The van der Waals surface area contributed by atoms with Gasteiger partial charge in [0, 0.05) is 12.8 Å². The molecule has 0 saturated carbocycles. The Balaban J connectivity index is 3.23. The maximum atomic E-state index is 11.9. The van der Waals surface area contributed by atoms with Crippen molar-refractivity contribution in [2.24, 2.45) is 0 Å². The number of ether oxygens (including phenoxy) is 4. The van der Waals surface area contributed by atoms with Crippen molar-refractivity contribution in [3.8, 4) is 0 Å². The molecular formula is C38H74O6. The van der Waals surface area contributed by atoms with Crippen LogP contribution in [0.15, 0.2) is 0 Å². The van der Waals surface area contributed by atoms with Crippen molar-refractivity contribution in [3.63, 3.8) is 0 Å². The van der Waals surface area contributed by atoms with Crippen LogP contribution in [-0.4, -0.2) is 51.6 Å². The Bertz CT molecular complexity index is 532. The molecule has 0 aromatic carbocycles. The second-order valence-electron chi connectivity index (χ2n) is 12.7. The molecule has 0 atom stereocenters. The van der Waals surface area contributed by atoms with Crippen LogP contribution in [0.5, 0.6) is 0 Å². The smallest absolute Gasteiger partial charge is 0.305 e. The molecule has 0 heterocycles. The van der Waals surface area contributed by atoms with E-state index in [-0.39, 0.29) is 25.2 Å². The van der Waals surface area contributed by atoms with Gasteiger partial charge in [-0.15, -0.1) is 0 Å². The number of carbonyl (C=O) groups is 2. The molecule has 44 heavy (non-hydrogen) atoms. The minimum atomic E-state index is -0.131. The van der Waals surface area contributed by atoms with E-state index in [1.807, 2.05) is 0 Å². The van der Waals surface area contributed by atoms with Crippen LogP contribution < -0.4 is 0 Å². The molecule has 6 nitrogen and oxygen atoms in total. The van der Waals surface area contributed by atoms with Crippen molar-refractivity contribution < 1.29 is 28.5 Å². The van der Waals surface area contributed by atoms with Crippen molar-refractivity contribution >= 4 is 11.9 Å². The summed E-state index contributed by atoms with van der Waals surface area (Å²) in [6.07, 6.45) is 34.8. The number of hydrogen-bond acceptors (Lipinski definition) is 6. The maximum absolute atomic E-state index is 11.9. The number of carbonyl (C=O) groups excluding carboxylic acids is 2. The summed E-state index contributed by atoms with van der Waals surface area (Å²) in [6.45, 7) is 6.73. The molecule has 0 fully saturated rings. The first-order valence-electron chi connectivity index (χ1n) is 19.2. The van der Waals surface area contributed by atoms with Gasteiger partial charge in [0.25, 0.3) is 0 Å². The van der Waals surface area contributed by atoms with Crippen LogP contribution in [0.2, 0.25) is 0 Å². The monoisotopic (exact) mass is 627 g/mol. The van der Waals surface area contributed by atoms with Crippen LogP contribution in [0.1, 0.15) is 194 Å². The molecule has 0 radical (unpaired) electrons. The van der Waals surface area contributed by atoms with E-state index in [2.05, 4.69) is 13.8 Å². The van der Waals surface area contributed by atoms with Crippen molar-refractivity contribution in [2.75, 3.05) is 39.6 Å². The van der Waals surface area contributed by atoms with E-state index in [9.17, 15) is 9.59 Å². The fraction of sp³-hybridized carbons (Fsp3) is 0.947. The molecular weight excluding hydrogens is 552 g/mol. The molecule has 0 aliphatic heterocycles. The van der Waals surface area contributed by atoms with Gasteiger partial charge in [0.2, 0.25) is 0 Å². The number of unbranched alkanes of at least 4 members (excludes halogenated alkanes) is 24. The molecule has 0 aliphatic carbocycles. The highest BCUT2D eigenvalue weighted by atomic mass is 16.6. The highest BCUT2D eigenvalue weighted by molar-refractivity contribution is 5.69. The van der Waals surface area contributed by atoms with Crippen LogP contribution in [-0.2, 0) is 28.5 Å². The second-order valence-corrected chi connectivity index (χ2v) is 12.7. The third-order valence-corrected chi connectivity index (χ3v) is 8.32. The van der Waals surface area contributed by atoms with Crippen LogP contribution in [0.4, 0.5) is 0 Å². The van der Waals surface area contributed by atoms with Crippen molar-refractivity contribution in [3.05, 3.63) is 0 Å². The largest absolute Gasteiger partial charge is 0.463 e. The molecule has 262 valence electrons. The standard InChI is InChI=1S/C38H74O6/c1-3-5-7-9-11-13-15-17-19-21-23-25-27-29-37(39)43-35-33-41-31-32-42-34-36-44-38(40)30-28-26-24-22-20-18-16-14-12-10-8-6-4-2/h3-36H2,1-2H3. The number of esters is 2. The van der Waals surface area contributed by atoms with E-state index in [1.165, 1.54) is 141 Å². The zero-order valence-electron chi connectivity index (χ0n) is 29.5. The van der Waals surface area contributed by atoms with Gasteiger partial charge in [0.1, 0.15) is 13.2 Å². The van der Waals surface area contributed by atoms with Crippen LogP contribution >= 0.6 is 0 Å². The van der Waals surface area contributed by atoms with E-state index in [4.69, 9.17) is 18.9 Å². The van der Waals surface area contributed by atoms with Gasteiger partial charge in [0.05, 0.1) is 26.4 Å². The summed E-state index contributed by atoms with van der Waals surface area (Å²) in [5, 5.41) is 0. The normalized spacial score (nSPS) is 11.2. The van der Waals surface area contributed by atoms with E-state index in [0.717, 1.165) is 25.7 Å². The van der Waals surface area contributed by atoms with Gasteiger partial charge in [-0.1, -0.05) is 168 Å². The Kier molecular flexibility index (Phi) is 37.1. The lowest BCUT2D eigenvalue weighted by Crippen LogP contribution is -2.15. The van der Waals surface area contributed by atoms with Gasteiger partial charge >= 0.3 is 11.9 Å². The fourth-order valence-electron chi connectivity index (χ4n) is 5.47. The molecule has 0 aromatic rings. The van der Waals surface area contributed by atoms with E-state index < -0.39 is 0 Å². The molecule has 0 rings (SSSR count). The zero-order valence-corrected chi connectivity index (χ0v) is 29.5. The molecule has 0 spiro atoms. The van der Waals surface area contributed by atoms with Crippen molar-refractivity contribution in [1.29, 1.82) is 0 Å². The molecule has 6 heteroatoms. The van der Waals surface area contributed by atoms with Gasteiger partial charge in [-0.05, 0) is 12.8 Å². The summed E-state index contributed by atoms with van der Waals surface area (Å²) in [4.78, 5) is 23.7. The summed E-state index contributed by atoms with van der Waals surface area (Å²) in [5.41, 5.74) is 0. The Morgan fingerprint density at radius 3 is 0.818 bits per heavy atom. The van der Waals surface area contributed by atoms with Gasteiger partial charge in [0.15, 0.2) is 0 Å². The van der Waals surface area contributed by atoms with Gasteiger partial charge in [-0.25, -0.2) is 0 Å². The molecule has 0 unspecified atom stereocenters. The summed E-state index contributed by atoms with van der Waals surface area (Å²) in [5.74, 6) is -0.262. The lowest BCUT2D eigenvalue weighted by atomic mass is 10.0. The molecule has 0 N–H and O–H groups in total. The molecule has 0 saturated heterocycles. The van der Waals surface area contributed by atoms with E-state index in [1.54, 1.807) is 0 Å². The first-order valence-corrected chi connectivity index (χ1v) is 19.2. The number of hydrogen-bond donors (Lipinski definition) is 0. The molecule has 0 aromatic heterocycles. The summed E-state index contributed by atoms with van der Waals surface area (Å²) in [6, 6.07) is 0. The highest BCUT2D eigenvalue weighted by Gasteiger charge is 2.04. The zero-order chi connectivity index (χ0) is 32.0. The third kappa shape index (κ3) is 37.0. The predicted octanol–water partition coefficient (Wildman–Crippen LogP) is 11.1. The van der Waals surface area contributed by atoms with E-state index >= 15 is 0 Å². The highest BCUT2D eigenvalue weighted by Crippen LogP contribution is 2.14. The third-order valence-electron chi connectivity index (χ3n) is 8.32. The SMILES string of the molecule is CCCCCCCCCCCCCCCC(=O)OCCOCCOCCOC(=O)CCCCCCCCCCCCCCC. The Morgan fingerprint density at radius 1 is 0.318 bits per heavy atom. The first-order chi connectivity index (χ1) is 21.7. The van der Waals surface area contributed by atoms with Crippen LogP contribution in [0.3, 0.4) is 0 Å². The van der Waals surface area contributed by atoms with Gasteiger partial charge < -0.3 is 18.9 Å². The van der Waals surface area contributed by atoms with Crippen LogP contribution in [0.25, 0.3) is 0 Å².